The van der Waals surface area contributed by atoms with Gasteiger partial charge in [0.2, 0.25) is 11.8 Å². The van der Waals surface area contributed by atoms with Crippen LogP contribution in [0.5, 0.6) is 5.75 Å². The second-order valence-corrected chi connectivity index (χ2v) is 5.69. The largest absolute Gasteiger partial charge is 0.507 e. The van der Waals surface area contributed by atoms with E-state index in [1.54, 1.807) is 19.1 Å². The summed E-state index contributed by atoms with van der Waals surface area (Å²) in [6.45, 7) is 7.47. The molecule has 0 saturated heterocycles. The number of hydrogen-bond acceptors (Lipinski definition) is 6. The molecule has 0 aromatic heterocycles. The standard InChI is InChI=1S/C17H23N5O3/c1-4-22(5-2)13-7-6-12(15(23)8-13)10-18-20-16(24)9-14-11(3)19-21-17(14)25/h6-8,10,14,23H,4-5,9H2,1-3H3,(H,20,24)(H,21,25). The lowest BCUT2D eigenvalue weighted by Gasteiger charge is -2.21. The van der Waals surface area contributed by atoms with Gasteiger partial charge in [-0.1, -0.05) is 0 Å². The molecule has 25 heavy (non-hydrogen) atoms. The molecule has 134 valence electrons. The molecule has 1 aromatic rings. The third-order valence-electron chi connectivity index (χ3n) is 4.09. The first-order chi connectivity index (χ1) is 12.0. The van der Waals surface area contributed by atoms with Crippen LogP contribution >= 0.6 is 0 Å². The van der Waals surface area contributed by atoms with E-state index in [1.807, 2.05) is 19.9 Å². The number of hydrazone groups is 2. The predicted octanol–water partition coefficient (Wildman–Crippen LogP) is 1.20. The van der Waals surface area contributed by atoms with E-state index in [2.05, 4.69) is 26.0 Å². The first-order valence-corrected chi connectivity index (χ1v) is 8.20. The van der Waals surface area contributed by atoms with Gasteiger partial charge in [0, 0.05) is 42.5 Å². The van der Waals surface area contributed by atoms with Gasteiger partial charge in [-0.2, -0.15) is 10.2 Å². The third-order valence-corrected chi connectivity index (χ3v) is 4.09. The maximum atomic E-state index is 11.9. The molecule has 1 unspecified atom stereocenters. The van der Waals surface area contributed by atoms with Crippen molar-refractivity contribution < 1.29 is 14.7 Å². The lowest BCUT2D eigenvalue weighted by molar-refractivity contribution is -0.127. The molecule has 3 N–H and O–H groups in total. The molecule has 0 saturated carbocycles. The average molecular weight is 345 g/mol. The van der Waals surface area contributed by atoms with Crippen molar-refractivity contribution in [2.45, 2.75) is 27.2 Å². The van der Waals surface area contributed by atoms with Gasteiger partial charge < -0.3 is 10.0 Å². The van der Waals surface area contributed by atoms with Crippen LogP contribution in [0.25, 0.3) is 0 Å². The van der Waals surface area contributed by atoms with E-state index in [1.165, 1.54) is 6.21 Å². The maximum Gasteiger partial charge on any atom is 0.249 e. The highest BCUT2D eigenvalue weighted by Crippen LogP contribution is 2.23. The number of anilines is 1. The van der Waals surface area contributed by atoms with Gasteiger partial charge in [0.25, 0.3) is 0 Å². The molecule has 2 rings (SSSR count). The predicted molar refractivity (Wildman–Crippen MR) is 96.8 cm³/mol. The molecule has 1 aliphatic rings. The molecule has 1 aliphatic heterocycles. The topological polar surface area (TPSA) is 106 Å². The molecule has 0 spiro atoms. The van der Waals surface area contributed by atoms with Gasteiger partial charge in [-0.25, -0.2) is 10.9 Å². The minimum Gasteiger partial charge on any atom is -0.507 e. The van der Waals surface area contributed by atoms with Gasteiger partial charge in [-0.15, -0.1) is 0 Å². The number of phenols is 1. The molecule has 0 aliphatic carbocycles. The number of aromatic hydroxyl groups is 1. The van der Waals surface area contributed by atoms with Gasteiger partial charge >= 0.3 is 0 Å². The zero-order chi connectivity index (χ0) is 18.4. The highest BCUT2D eigenvalue weighted by atomic mass is 16.3. The molecule has 0 radical (unpaired) electrons. The van der Waals surface area contributed by atoms with Crippen molar-refractivity contribution in [3.8, 4) is 5.75 Å². The van der Waals surface area contributed by atoms with Gasteiger partial charge in [0.1, 0.15) is 5.75 Å². The highest BCUT2D eigenvalue weighted by molar-refractivity contribution is 6.09. The Morgan fingerprint density at radius 3 is 2.72 bits per heavy atom. The van der Waals surface area contributed by atoms with Crippen molar-refractivity contribution in [1.29, 1.82) is 0 Å². The Labute approximate surface area is 146 Å². The van der Waals surface area contributed by atoms with Crippen LogP contribution in [0, 0.1) is 5.92 Å². The van der Waals surface area contributed by atoms with E-state index in [0.29, 0.717) is 11.3 Å². The number of rotatable bonds is 7. The Kier molecular flexibility index (Phi) is 6.10. The number of carbonyl (C=O) groups excluding carboxylic acids is 2. The first-order valence-electron chi connectivity index (χ1n) is 8.20. The molecule has 1 heterocycles. The average Bonchev–Trinajstić information content (AvgIpc) is 2.90. The Morgan fingerprint density at radius 2 is 2.16 bits per heavy atom. The van der Waals surface area contributed by atoms with Crippen LogP contribution in [-0.4, -0.2) is 41.9 Å². The van der Waals surface area contributed by atoms with Crippen molar-refractivity contribution in [2.24, 2.45) is 16.1 Å². The SMILES string of the molecule is CCN(CC)c1ccc(C=NNC(=O)CC2C(=O)NN=C2C)c(O)c1. The van der Waals surface area contributed by atoms with Crippen LogP contribution in [0.15, 0.2) is 28.4 Å². The van der Waals surface area contributed by atoms with Crippen molar-refractivity contribution in [3.63, 3.8) is 0 Å². The van der Waals surface area contributed by atoms with Crippen molar-refractivity contribution >= 4 is 29.4 Å². The van der Waals surface area contributed by atoms with Gasteiger partial charge in [0.15, 0.2) is 0 Å². The smallest absolute Gasteiger partial charge is 0.249 e. The Morgan fingerprint density at radius 1 is 1.44 bits per heavy atom. The summed E-state index contributed by atoms with van der Waals surface area (Å²) in [4.78, 5) is 25.5. The second kappa shape index (κ2) is 8.27. The van der Waals surface area contributed by atoms with Crippen molar-refractivity contribution in [1.82, 2.24) is 10.9 Å². The number of benzene rings is 1. The lowest BCUT2D eigenvalue weighted by Crippen LogP contribution is -2.29. The highest BCUT2D eigenvalue weighted by Gasteiger charge is 2.28. The summed E-state index contributed by atoms with van der Waals surface area (Å²) in [5, 5.41) is 17.7. The third kappa shape index (κ3) is 4.56. The number of nitrogens with zero attached hydrogens (tertiary/aromatic N) is 3. The fourth-order valence-electron chi connectivity index (χ4n) is 2.56. The first kappa shape index (κ1) is 18.4. The Hall–Kier alpha value is -2.90. The Bertz CT molecular complexity index is 710. The summed E-state index contributed by atoms with van der Waals surface area (Å²) in [7, 11) is 0. The molecule has 1 aromatic carbocycles. The fraction of sp³-hybridized carbons (Fsp3) is 0.412. The maximum absolute atomic E-state index is 11.9. The van der Waals surface area contributed by atoms with Gasteiger partial charge in [-0.05, 0) is 32.9 Å². The summed E-state index contributed by atoms with van der Waals surface area (Å²) in [6.07, 6.45) is 1.35. The number of nitrogens with one attached hydrogen (secondary N) is 2. The summed E-state index contributed by atoms with van der Waals surface area (Å²) in [6, 6.07) is 5.29. The summed E-state index contributed by atoms with van der Waals surface area (Å²) in [5.41, 5.74) is 6.68. The van der Waals surface area contributed by atoms with Crippen LogP contribution in [0.4, 0.5) is 5.69 Å². The summed E-state index contributed by atoms with van der Waals surface area (Å²) < 4.78 is 0. The number of phenolic OH excluding ortho intramolecular Hbond substituents is 1. The summed E-state index contributed by atoms with van der Waals surface area (Å²) in [5.74, 6) is -1.16. The van der Waals surface area contributed by atoms with Gasteiger partial charge in [-0.3, -0.25) is 9.59 Å². The fourth-order valence-corrected chi connectivity index (χ4v) is 2.56. The minimum absolute atomic E-state index is 0.0224. The van der Waals surface area contributed by atoms with Crippen molar-refractivity contribution in [2.75, 3.05) is 18.0 Å². The lowest BCUT2D eigenvalue weighted by atomic mass is 10.0. The van der Waals surface area contributed by atoms with E-state index >= 15 is 0 Å². The van der Waals surface area contributed by atoms with Gasteiger partial charge in [0.05, 0.1) is 12.1 Å². The quantitative estimate of drug-likeness (QED) is 0.510. The van der Waals surface area contributed by atoms with Crippen LogP contribution in [0.1, 0.15) is 32.8 Å². The van der Waals surface area contributed by atoms with E-state index < -0.39 is 11.8 Å². The normalized spacial score (nSPS) is 16.7. The van der Waals surface area contributed by atoms with E-state index in [9.17, 15) is 14.7 Å². The molecule has 0 fully saturated rings. The molecule has 8 heteroatoms. The zero-order valence-corrected chi connectivity index (χ0v) is 14.6. The van der Waals surface area contributed by atoms with E-state index in [0.717, 1.165) is 18.8 Å². The molecular formula is C17H23N5O3. The van der Waals surface area contributed by atoms with Crippen molar-refractivity contribution in [3.05, 3.63) is 23.8 Å². The number of amides is 2. The molecule has 2 amide bonds. The number of hydrogen-bond donors (Lipinski definition) is 3. The van der Waals surface area contributed by atoms with E-state index in [-0.39, 0.29) is 18.1 Å². The van der Waals surface area contributed by atoms with Crippen LogP contribution < -0.4 is 15.8 Å². The molecule has 8 nitrogen and oxygen atoms in total. The molecular weight excluding hydrogens is 322 g/mol. The van der Waals surface area contributed by atoms with E-state index in [4.69, 9.17) is 0 Å². The number of carbonyl (C=O) groups is 2. The minimum atomic E-state index is -0.558. The second-order valence-electron chi connectivity index (χ2n) is 5.69. The molecule has 0 bridgehead atoms. The summed E-state index contributed by atoms with van der Waals surface area (Å²) >= 11 is 0. The molecule has 1 atom stereocenters. The van der Waals surface area contributed by atoms with Crippen LogP contribution in [0.3, 0.4) is 0 Å². The zero-order valence-electron chi connectivity index (χ0n) is 14.6. The Balaban J connectivity index is 1.94. The van der Waals surface area contributed by atoms with Crippen LogP contribution in [0.2, 0.25) is 0 Å². The monoisotopic (exact) mass is 345 g/mol. The van der Waals surface area contributed by atoms with Crippen LogP contribution in [-0.2, 0) is 9.59 Å².